The van der Waals surface area contributed by atoms with Gasteiger partial charge in [0.15, 0.2) is 0 Å². The van der Waals surface area contributed by atoms with Crippen molar-refractivity contribution in [2.45, 2.75) is 18.9 Å². The molecule has 1 rings (SSSR count). The number of amides is 1. The molecular weight excluding hydrogens is 310 g/mol. The molecule has 1 aliphatic heterocycles. The lowest BCUT2D eigenvalue weighted by molar-refractivity contribution is -0.159. The summed E-state index contributed by atoms with van der Waals surface area (Å²) < 4.78 is 18.9. The summed E-state index contributed by atoms with van der Waals surface area (Å²) >= 11 is 0. The minimum absolute atomic E-state index is 0.236. The molecule has 0 aromatic rings. The molecule has 9 heteroatoms. The summed E-state index contributed by atoms with van der Waals surface area (Å²) in [5.74, 6) is -4.50. The van der Waals surface area contributed by atoms with Gasteiger partial charge in [0.05, 0.1) is 46.2 Å². The van der Waals surface area contributed by atoms with Crippen molar-refractivity contribution < 1.29 is 38.1 Å². The lowest BCUT2D eigenvalue weighted by atomic mass is 9.95. The molecule has 130 valence electrons. The second-order valence-corrected chi connectivity index (χ2v) is 4.98. The standard InChI is InChI=1S/C14H21NO8/c1-20-10(16)6-9(13(18)21-2)11(14(19)22-3)15-12(17)8-4-5-23-7-8/h8-9,11H,4-7H2,1-3H3,(H,15,17)/t8-,9-,11-/m0/s1. The highest BCUT2D eigenvalue weighted by atomic mass is 16.5. The summed E-state index contributed by atoms with van der Waals surface area (Å²) in [6.07, 6.45) is 0.0873. The Morgan fingerprint density at radius 3 is 2.22 bits per heavy atom. The topological polar surface area (TPSA) is 117 Å². The average molecular weight is 331 g/mol. The summed E-state index contributed by atoms with van der Waals surface area (Å²) in [5.41, 5.74) is 0. The van der Waals surface area contributed by atoms with Gasteiger partial charge in [-0.25, -0.2) is 4.79 Å². The summed E-state index contributed by atoms with van der Waals surface area (Å²) in [7, 11) is 3.39. The van der Waals surface area contributed by atoms with E-state index in [1.54, 1.807) is 0 Å². The van der Waals surface area contributed by atoms with E-state index in [1.165, 1.54) is 0 Å². The van der Waals surface area contributed by atoms with E-state index in [9.17, 15) is 19.2 Å². The molecule has 0 unspecified atom stereocenters. The van der Waals surface area contributed by atoms with Crippen molar-refractivity contribution >= 4 is 23.8 Å². The molecule has 0 aromatic heterocycles. The lowest BCUT2D eigenvalue weighted by Gasteiger charge is -2.24. The SMILES string of the molecule is COC(=O)C[C@H](C(=O)OC)[C@H](NC(=O)[C@H]1CCOC1)C(=O)OC. The Balaban J connectivity index is 2.93. The monoisotopic (exact) mass is 331 g/mol. The fraction of sp³-hybridized carbons (Fsp3) is 0.714. The summed E-state index contributed by atoms with van der Waals surface area (Å²) in [6, 6.07) is -1.35. The molecule has 1 fully saturated rings. The maximum absolute atomic E-state index is 12.2. The van der Waals surface area contributed by atoms with E-state index in [2.05, 4.69) is 19.5 Å². The number of hydrogen-bond donors (Lipinski definition) is 1. The van der Waals surface area contributed by atoms with Gasteiger partial charge < -0.3 is 24.3 Å². The van der Waals surface area contributed by atoms with E-state index in [-0.39, 0.29) is 6.61 Å². The first kappa shape index (κ1) is 18.9. The van der Waals surface area contributed by atoms with Gasteiger partial charge in [-0.1, -0.05) is 0 Å². The summed E-state index contributed by atoms with van der Waals surface area (Å²) in [4.78, 5) is 47.5. The van der Waals surface area contributed by atoms with Gasteiger partial charge in [-0.3, -0.25) is 14.4 Å². The van der Waals surface area contributed by atoms with Crippen LogP contribution in [0.4, 0.5) is 0 Å². The van der Waals surface area contributed by atoms with E-state index in [1.807, 2.05) is 0 Å². The molecule has 0 saturated carbocycles. The molecule has 0 bridgehead atoms. The number of carbonyl (C=O) groups excluding carboxylic acids is 4. The van der Waals surface area contributed by atoms with Crippen LogP contribution in [0.25, 0.3) is 0 Å². The van der Waals surface area contributed by atoms with Crippen molar-refractivity contribution in [3.05, 3.63) is 0 Å². The molecule has 9 nitrogen and oxygen atoms in total. The highest BCUT2D eigenvalue weighted by Gasteiger charge is 2.40. The number of ether oxygens (including phenoxy) is 4. The fourth-order valence-corrected chi connectivity index (χ4v) is 2.21. The number of esters is 3. The Kier molecular flexibility index (Phi) is 7.46. The largest absolute Gasteiger partial charge is 0.469 e. The lowest BCUT2D eigenvalue weighted by Crippen LogP contribution is -2.51. The van der Waals surface area contributed by atoms with Gasteiger partial charge in [0, 0.05) is 6.61 Å². The van der Waals surface area contributed by atoms with Crippen molar-refractivity contribution in [1.29, 1.82) is 0 Å². The maximum Gasteiger partial charge on any atom is 0.329 e. The molecular formula is C14H21NO8. The third-order valence-electron chi connectivity index (χ3n) is 3.57. The Morgan fingerprint density at radius 1 is 1.09 bits per heavy atom. The number of nitrogens with one attached hydrogen (secondary N) is 1. The van der Waals surface area contributed by atoms with Crippen LogP contribution in [0.3, 0.4) is 0 Å². The van der Waals surface area contributed by atoms with Gasteiger partial charge in [0.1, 0.15) is 6.04 Å². The second-order valence-electron chi connectivity index (χ2n) is 4.98. The number of rotatable bonds is 7. The zero-order valence-corrected chi connectivity index (χ0v) is 13.3. The second kappa shape index (κ2) is 9.09. The van der Waals surface area contributed by atoms with Crippen LogP contribution in [-0.4, -0.2) is 64.4 Å². The predicted molar refractivity (Wildman–Crippen MR) is 75.0 cm³/mol. The van der Waals surface area contributed by atoms with Gasteiger partial charge in [-0.15, -0.1) is 0 Å². The number of methoxy groups -OCH3 is 3. The molecule has 3 atom stereocenters. The molecule has 0 spiro atoms. The number of hydrogen-bond acceptors (Lipinski definition) is 8. The Hall–Kier alpha value is -2.16. The van der Waals surface area contributed by atoms with Crippen LogP contribution in [0.5, 0.6) is 0 Å². The quantitative estimate of drug-likeness (QED) is 0.468. The van der Waals surface area contributed by atoms with Crippen molar-refractivity contribution in [2.75, 3.05) is 34.5 Å². The highest BCUT2D eigenvalue weighted by Crippen LogP contribution is 2.17. The van der Waals surface area contributed by atoms with Gasteiger partial charge in [0.2, 0.25) is 5.91 Å². The van der Waals surface area contributed by atoms with Crippen LogP contribution in [0, 0.1) is 11.8 Å². The summed E-state index contributed by atoms with van der Waals surface area (Å²) in [5, 5.41) is 2.45. The molecule has 1 saturated heterocycles. The Labute approximate surface area is 133 Å². The molecule has 23 heavy (non-hydrogen) atoms. The predicted octanol–water partition coefficient (Wildman–Crippen LogP) is -0.967. The normalized spacial score (nSPS) is 19.3. The first-order chi connectivity index (χ1) is 10.9. The van der Waals surface area contributed by atoms with E-state index in [0.717, 1.165) is 21.3 Å². The van der Waals surface area contributed by atoms with Crippen LogP contribution in [0.2, 0.25) is 0 Å². The van der Waals surface area contributed by atoms with E-state index < -0.39 is 48.1 Å². The molecule has 0 radical (unpaired) electrons. The van der Waals surface area contributed by atoms with Crippen molar-refractivity contribution in [1.82, 2.24) is 5.32 Å². The van der Waals surface area contributed by atoms with Crippen molar-refractivity contribution in [2.24, 2.45) is 11.8 Å². The van der Waals surface area contributed by atoms with Crippen LogP contribution in [0.15, 0.2) is 0 Å². The minimum Gasteiger partial charge on any atom is -0.469 e. The molecule has 1 N–H and O–H groups in total. The zero-order chi connectivity index (χ0) is 17.4. The van der Waals surface area contributed by atoms with Crippen LogP contribution < -0.4 is 5.32 Å². The van der Waals surface area contributed by atoms with Crippen LogP contribution >= 0.6 is 0 Å². The Morgan fingerprint density at radius 2 is 1.74 bits per heavy atom. The van der Waals surface area contributed by atoms with Gasteiger partial charge >= 0.3 is 17.9 Å². The smallest absolute Gasteiger partial charge is 0.329 e. The van der Waals surface area contributed by atoms with Crippen LogP contribution in [-0.2, 0) is 38.1 Å². The molecule has 0 aromatic carbocycles. The minimum atomic E-state index is -1.35. The third-order valence-corrected chi connectivity index (χ3v) is 3.57. The van der Waals surface area contributed by atoms with E-state index in [0.29, 0.717) is 13.0 Å². The van der Waals surface area contributed by atoms with Crippen molar-refractivity contribution in [3.8, 4) is 0 Å². The molecule has 1 amide bonds. The zero-order valence-electron chi connectivity index (χ0n) is 13.3. The first-order valence-corrected chi connectivity index (χ1v) is 7.05. The van der Waals surface area contributed by atoms with E-state index >= 15 is 0 Å². The average Bonchev–Trinajstić information content (AvgIpc) is 3.10. The Bertz CT molecular complexity index is 458. The molecule has 1 aliphatic rings. The molecule has 1 heterocycles. The van der Waals surface area contributed by atoms with Crippen LogP contribution in [0.1, 0.15) is 12.8 Å². The van der Waals surface area contributed by atoms with Gasteiger partial charge in [0.25, 0.3) is 0 Å². The fourth-order valence-electron chi connectivity index (χ4n) is 2.21. The summed E-state index contributed by atoms with van der Waals surface area (Å²) in [6.45, 7) is 0.684. The third kappa shape index (κ3) is 5.20. The van der Waals surface area contributed by atoms with E-state index in [4.69, 9.17) is 4.74 Å². The van der Waals surface area contributed by atoms with Crippen molar-refractivity contribution in [3.63, 3.8) is 0 Å². The molecule has 0 aliphatic carbocycles. The van der Waals surface area contributed by atoms with Gasteiger partial charge in [-0.2, -0.15) is 0 Å². The van der Waals surface area contributed by atoms with Gasteiger partial charge in [-0.05, 0) is 6.42 Å². The highest BCUT2D eigenvalue weighted by molar-refractivity contribution is 5.91. The maximum atomic E-state index is 12.2. The first-order valence-electron chi connectivity index (χ1n) is 7.05. The number of carbonyl (C=O) groups is 4.